The van der Waals surface area contributed by atoms with E-state index >= 15 is 0 Å². The topological polar surface area (TPSA) is 49.8 Å². The first-order chi connectivity index (χ1) is 9.54. The Bertz CT molecular complexity index is 471. The maximum atomic E-state index is 10.9. The second kappa shape index (κ2) is 6.37. The van der Waals surface area contributed by atoms with Crippen LogP contribution in [-0.2, 0) is 6.54 Å². The largest absolute Gasteiger partial charge is 0.496 e. The van der Waals surface area contributed by atoms with Gasteiger partial charge in [0, 0.05) is 24.2 Å². The van der Waals surface area contributed by atoms with Crippen molar-refractivity contribution in [3.8, 4) is 5.75 Å². The number of methoxy groups -OCH3 is 1. The lowest BCUT2D eigenvalue weighted by molar-refractivity contribution is 0.0444. The number of aldehydes is 1. The number of benzene rings is 1. The van der Waals surface area contributed by atoms with Crippen LogP contribution >= 0.6 is 0 Å². The minimum absolute atomic E-state index is 0.552. The Morgan fingerprint density at radius 2 is 2.20 bits per heavy atom. The molecule has 1 aromatic carbocycles. The number of carbonyl (C=O) groups is 1. The van der Waals surface area contributed by atoms with Crippen LogP contribution in [0, 0.1) is 0 Å². The highest BCUT2D eigenvalue weighted by molar-refractivity contribution is 5.75. The van der Waals surface area contributed by atoms with E-state index in [1.807, 2.05) is 19.1 Å². The van der Waals surface area contributed by atoms with Crippen LogP contribution < -0.4 is 4.74 Å². The normalized spacial score (nSPS) is 24.1. The average molecular weight is 277 g/mol. The fraction of sp³-hybridized carbons (Fsp3) is 0.562. The summed E-state index contributed by atoms with van der Waals surface area (Å²) in [5.41, 5.74) is 1.14. The molecular formula is C16H23NO3. The molecule has 20 heavy (non-hydrogen) atoms. The molecule has 0 amide bonds. The minimum Gasteiger partial charge on any atom is -0.496 e. The van der Waals surface area contributed by atoms with E-state index in [1.54, 1.807) is 13.2 Å². The standard InChI is InChI=1S/C16H23NO3/c1-16(19)6-3-8-17(9-7-16)11-14-10-13(12-18)4-5-15(14)20-2/h4-5,10,12,19H,3,6-9,11H2,1-2H3. The van der Waals surface area contributed by atoms with Crippen LogP contribution in [0.3, 0.4) is 0 Å². The molecule has 0 aromatic heterocycles. The van der Waals surface area contributed by atoms with E-state index in [9.17, 15) is 9.90 Å². The molecule has 4 nitrogen and oxygen atoms in total. The highest BCUT2D eigenvalue weighted by Crippen LogP contribution is 2.25. The monoisotopic (exact) mass is 277 g/mol. The van der Waals surface area contributed by atoms with Crippen molar-refractivity contribution in [1.29, 1.82) is 0 Å². The van der Waals surface area contributed by atoms with Crippen LogP contribution in [-0.4, -0.2) is 42.1 Å². The molecule has 110 valence electrons. The lowest BCUT2D eigenvalue weighted by Gasteiger charge is -2.23. The molecule has 1 saturated heterocycles. The fourth-order valence-corrected chi connectivity index (χ4v) is 2.71. The quantitative estimate of drug-likeness (QED) is 0.858. The Balaban J connectivity index is 2.10. The molecule has 1 aromatic rings. The third kappa shape index (κ3) is 3.81. The Hall–Kier alpha value is -1.39. The van der Waals surface area contributed by atoms with Gasteiger partial charge >= 0.3 is 0 Å². The van der Waals surface area contributed by atoms with Crippen molar-refractivity contribution in [2.24, 2.45) is 0 Å². The van der Waals surface area contributed by atoms with Crippen molar-refractivity contribution in [2.45, 2.75) is 38.3 Å². The van der Waals surface area contributed by atoms with Gasteiger partial charge in [-0.2, -0.15) is 0 Å². The number of nitrogens with zero attached hydrogens (tertiary/aromatic N) is 1. The van der Waals surface area contributed by atoms with E-state index in [1.165, 1.54) is 0 Å². The molecule has 1 N–H and O–H groups in total. The molecule has 1 fully saturated rings. The number of aliphatic hydroxyl groups is 1. The maximum absolute atomic E-state index is 10.9. The van der Waals surface area contributed by atoms with Gasteiger partial charge in [-0.25, -0.2) is 0 Å². The van der Waals surface area contributed by atoms with Gasteiger partial charge in [0.25, 0.3) is 0 Å². The second-order valence-corrected chi connectivity index (χ2v) is 5.82. The van der Waals surface area contributed by atoms with E-state index in [-0.39, 0.29) is 0 Å². The first kappa shape index (κ1) is 15.0. The number of hydrogen-bond donors (Lipinski definition) is 1. The van der Waals surface area contributed by atoms with Crippen LogP contribution in [0.1, 0.15) is 42.1 Å². The molecule has 0 aliphatic carbocycles. The van der Waals surface area contributed by atoms with Crippen LogP contribution in [0.15, 0.2) is 18.2 Å². The summed E-state index contributed by atoms with van der Waals surface area (Å²) in [5, 5.41) is 10.1. The van der Waals surface area contributed by atoms with E-state index in [4.69, 9.17) is 4.74 Å². The van der Waals surface area contributed by atoms with Crippen molar-refractivity contribution < 1.29 is 14.6 Å². The summed E-state index contributed by atoms with van der Waals surface area (Å²) in [6.07, 6.45) is 3.47. The zero-order valence-corrected chi connectivity index (χ0v) is 12.3. The van der Waals surface area contributed by atoms with Gasteiger partial charge in [0.2, 0.25) is 0 Å². The Morgan fingerprint density at radius 1 is 1.40 bits per heavy atom. The molecule has 1 atom stereocenters. The van der Waals surface area contributed by atoms with Crippen molar-refractivity contribution in [1.82, 2.24) is 4.90 Å². The molecule has 1 heterocycles. The summed E-state index contributed by atoms with van der Waals surface area (Å²) in [6.45, 7) is 4.48. The summed E-state index contributed by atoms with van der Waals surface area (Å²) >= 11 is 0. The van der Waals surface area contributed by atoms with Crippen molar-refractivity contribution >= 4 is 6.29 Å². The van der Waals surface area contributed by atoms with Crippen LogP contribution in [0.2, 0.25) is 0 Å². The zero-order valence-electron chi connectivity index (χ0n) is 12.3. The molecule has 2 rings (SSSR count). The molecule has 4 heteroatoms. The number of rotatable bonds is 4. The molecule has 1 aliphatic rings. The molecule has 1 aliphatic heterocycles. The SMILES string of the molecule is COc1ccc(C=O)cc1CN1CCCC(C)(O)CC1. The Labute approximate surface area is 120 Å². The molecule has 0 radical (unpaired) electrons. The van der Waals surface area contributed by atoms with Gasteiger partial charge < -0.3 is 9.84 Å². The van der Waals surface area contributed by atoms with Gasteiger partial charge in [0.15, 0.2) is 0 Å². The number of ether oxygens (including phenoxy) is 1. The average Bonchev–Trinajstić information content (AvgIpc) is 2.60. The molecule has 0 spiro atoms. The van der Waals surface area contributed by atoms with Crippen molar-refractivity contribution in [2.75, 3.05) is 20.2 Å². The van der Waals surface area contributed by atoms with Gasteiger partial charge in [-0.1, -0.05) is 0 Å². The van der Waals surface area contributed by atoms with E-state index < -0.39 is 5.60 Å². The number of carbonyl (C=O) groups excluding carboxylic acids is 1. The highest BCUT2D eigenvalue weighted by atomic mass is 16.5. The highest BCUT2D eigenvalue weighted by Gasteiger charge is 2.25. The molecule has 0 bridgehead atoms. The third-order valence-corrected chi connectivity index (χ3v) is 3.99. The smallest absolute Gasteiger partial charge is 0.150 e. The van der Waals surface area contributed by atoms with Crippen molar-refractivity contribution in [3.63, 3.8) is 0 Å². The van der Waals surface area contributed by atoms with Gasteiger partial charge in [-0.05, 0) is 50.9 Å². The van der Waals surface area contributed by atoms with E-state index in [0.717, 1.165) is 56.5 Å². The fourth-order valence-electron chi connectivity index (χ4n) is 2.71. The van der Waals surface area contributed by atoms with Crippen LogP contribution in [0.4, 0.5) is 0 Å². The summed E-state index contributed by atoms with van der Waals surface area (Å²) < 4.78 is 5.37. The second-order valence-electron chi connectivity index (χ2n) is 5.82. The maximum Gasteiger partial charge on any atom is 0.150 e. The minimum atomic E-state index is -0.552. The summed E-state index contributed by atoms with van der Waals surface area (Å²) in [4.78, 5) is 13.2. The lowest BCUT2D eigenvalue weighted by atomic mass is 9.98. The van der Waals surface area contributed by atoms with E-state index in [0.29, 0.717) is 5.56 Å². The summed E-state index contributed by atoms with van der Waals surface area (Å²) in [5.74, 6) is 0.812. The number of hydrogen-bond acceptors (Lipinski definition) is 4. The van der Waals surface area contributed by atoms with E-state index in [2.05, 4.69) is 4.90 Å². The van der Waals surface area contributed by atoms with Gasteiger partial charge in [-0.15, -0.1) is 0 Å². The first-order valence-corrected chi connectivity index (χ1v) is 7.11. The lowest BCUT2D eigenvalue weighted by Crippen LogP contribution is -2.28. The Morgan fingerprint density at radius 3 is 2.90 bits per heavy atom. The van der Waals surface area contributed by atoms with Crippen LogP contribution in [0.25, 0.3) is 0 Å². The summed E-state index contributed by atoms with van der Waals surface area (Å²) in [6, 6.07) is 5.49. The van der Waals surface area contributed by atoms with Gasteiger partial charge in [-0.3, -0.25) is 9.69 Å². The van der Waals surface area contributed by atoms with Gasteiger partial charge in [0.05, 0.1) is 12.7 Å². The molecule has 0 saturated carbocycles. The zero-order chi connectivity index (χ0) is 14.6. The van der Waals surface area contributed by atoms with Crippen LogP contribution in [0.5, 0.6) is 5.75 Å². The molecular weight excluding hydrogens is 254 g/mol. The molecule has 1 unspecified atom stereocenters. The predicted octanol–water partition coefficient (Wildman–Crippen LogP) is 2.24. The van der Waals surface area contributed by atoms with Crippen molar-refractivity contribution in [3.05, 3.63) is 29.3 Å². The number of likely N-dealkylation sites (tertiary alicyclic amines) is 1. The Kier molecular flexibility index (Phi) is 4.78. The third-order valence-electron chi connectivity index (χ3n) is 3.99. The predicted molar refractivity (Wildman–Crippen MR) is 78.1 cm³/mol. The first-order valence-electron chi connectivity index (χ1n) is 7.11. The summed E-state index contributed by atoms with van der Waals surface area (Å²) in [7, 11) is 1.65. The van der Waals surface area contributed by atoms with Gasteiger partial charge in [0.1, 0.15) is 12.0 Å².